The molecule has 0 radical (unpaired) electrons. The molecule has 0 fully saturated rings. The fraction of sp³-hybridized carbons (Fsp3) is 0.417. The summed E-state index contributed by atoms with van der Waals surface area (Å²) in [5.74, 6) is -1.38. The number of rotatable bonds is 7. The molecule has 116 valence electrons. The zero-order chi connectivity index (χ0) is 16.0. The van der Waals surface area contributed by atoms with Crippen molar-refractivity contribution in [3.05, 3.63) is 33.4 Å². The highest BCUT2D eigenvalue weighted by Gasteiger charge is 2.24. The van der Waals surface area contributed by atoms with Crippen LogP contribution in [0.2, 0.25) is 0 Å². The summed E-state index contributed by atoms with van der Waals surface area (Å²) in [5.41, 5.74) is -0.489. The van der Waals surface area contributed by atoms with Crippen molar-refractivity contribution in [2.75, 3.05) is 6.61 Å². The number of benzene rings is 1. The fourth-order valence-electron chi connectivity index (χ4n) is 1.74. The summed E-state index contributed by atoms with van der Waals surface area (Å²) in [6, 6.07) is 2.01. The van der Waals surface area contributed by atoms with E-state index in [1.54, 1.807) is 6.92 Å². The molecule has 0 aliphatic heterocycles. The van der Waals surface area contributed by atoms with Gasteiger partial charge in [0, 0.05) is 11.6 Å². The lowest BCUT2D eigenvalue weighted by atomic mass is 10.0. The van der Waals surface area contributed by atoms with Crippen LogP contribution in [0.25, 0.3) is 0 Å². The van der Waals surface area contributed by atoms with E-state index in [9.17, 15) is 23.7 Å². The molecule has 0 unspecified atom stereocenters. The van der Waals surface area contributed by atoms with Crippen molar-refractivity contribution in [2.24, 2.45) is 0 Å². The van der Waals surface area contributed by atoms with Crippen molar-refractivity contribution in [1.82, 2.24) is 0 Å². The van der Waals surface area contributed by atoms with Crippen LogP contribution in [0.5, 0.6) is 5.75 Å². The van der Waals surface area contributed by atoms with Gasteiger partial charge in [0.05, 0.1) is 29.4 Å². The van der Waals surface area contributed by atoms with E-state index >= 15 is 0 Å². The molecule has 0 atom stereocenters. The molecule has 9 heteroatoms. The van der Waals surface area contributed by atoms with E-state index in [1.807, 2.05) is 0 Å². The predicted molar refractivity (Wildman–Crippen MR) is 69.6 cm³/mol. The topological polar surface area (TPSA) is 78.7 Å². The van der Waals surface area contributed by atoms with E-state index in [0.717, 1.165) is 12.1 Å². The summed E-state index contributed by atoms with van der Waals surface area (Å²) in [6.07, 6.45) is -0.445. The zero-order valence-electron chi connectivity index (χ0n) is 11.0. The van der Waals surface area contributed by atoms with E-state index in [2.05, 4.69) is 4.74 Å². The Kier molecular flexibility index (Phi) is 6.29. The number of hydrogen-bond donors (Lipinski definition) is 0. The standard InChI is InChI=1S/C12H12ClF2NO5/c1-2-20-11(17)5-7-8(6-13)9(16(18)19)3-4-10(7)21-12(14)15/h3-4,12H,2,5-6H2,1H3. The second-order valence-corrected chi connectivity index (χ2v) is 4.06. The number of carbonyl (C=O) groups excluding carboxylic acids is 1. The van der Waals surface area contributed by atoms with Crippen molar-refractivity contribution < 1.29 is 28.0 Å². The maximum atomic E-state index is 12.4. The minimum Gasteiger partial charge on any atom is -0.466 e. The Hall–Kier alpha value is -1.96. The van der Waals surface area contributed by atoms with E-state index in [4.69, 9.17) is 16.3 Å². The molecule has 0 N–H and O–H groups in total. The third-order valence-electron chi connectivity index (χ3n) is 2.54. The molecule has 0 heterocycles. The van der Waals surface area contributed by atoms with E-state index in [0.29, 0.717) is 0 Å². The summed E-state index contributed by atoms with van der Waals surface area (Å²) >= 11 is 5.65. The summed E-state index contributed by atoms with van der Waals surface area (Å²) in [5, 5.41) is 10.9. The van der Waals surface area contributed by atoms with Crippen LogP contribution >= 0.6 is 11.6 Å². The van der Waals surface area contributed by atoms with Gasteiger partial charge in [0.15, 0.2) is 0 Å². The predicted octanol–water partition coefficient (Wildman–Crippen LogP) is 3.04. The van der Waals surface area contributed by atoms with Gasteiger partial charge < -0.3 is 9.47 Å². The molecular weight excluding hydrogens is 312 g/mol. The number of ether oxygens (including phenoxy) is 2. The molecule has 0 saturated carbocycles. The van der Waals surface area contributed by atoms with Gasteiger partial charge >= 0.3 is 12.6 Å². The van der Waals surface area contributed by atoms with Crippen molar-refractivity contribution in [1.29, 1.82) is 0 Å². The first-order valence-electron chi connectivity index (χ1n) is 5.86. The van der Waals surface area contributed by atoms with Gasteiger partial charge in [0.1, 0.15) is 5.75 Å². The number of nitro groups is 1. The number of nitro benzene ring substituents is 1. The largest absolute Gasteiger partial charge is 0.466 e. The Morgan fingerprint density at radius 3 is 2.57 bits per heavy atom. The van der Waals surface area contributed by atoms with Gasteiger partial charge in [-0.1, -0.05) is 0 Å². The summed E-state index contributed by atoms with van der Waals surface area (Å²) in [7, 11) is 0. The van der Waals surface area contributed by atoms with Crippen molar-refractivity contribution in [2.45, 2.75) is 25.8 Å². The highest BCUT2D eigenvalue weighted by atomic mass is 35.5. The molecule has 1 aromatic carbocycles. The Balaban J connectivity index is 3.32. The normalized spacial score (nSPS) is 10.5. The van der Waals surface area contributed by atoms with Crippen LogP contribution < -0.4 is 4.74 Å². The minimum absolute atomic E-state index is 0.0483. The highest BCUT2D eigenvalue weighted by molar-refractivity contribution is 6.17. The Morgan fingerprint density at radius 1 is 1.43 bits per heavy atom. The highest BCUT2D eigenvalue weighted by Crippen LogP contribution is 2.33. The monoisotopic (exact) mass is 323 g/mol. The first kappa shape index (κ1) is 17.1. The van der Waals surface area contributed by atoms with Crippen LogP contribution in [-0.2, 0) is 21.8 Å². The van der Waals surface area contributed by atoms with Gasteiger partial charge in [-0.15, -0.1) is 11.6 Å². The molecule has 0 amide bonds. The third-order valence-corrected chi connectivity index (χ3v) is 2.80. The summed E-state index contributed by atoms with van der Waals surface area (Å²) in [6.45, 7) is -1.46. The molecule has 0 saturated heterocycles. The van der Waals surface area contributed by atoms with Gasteiger partial charge in [-0.2, -0.15) is 8.78 Å². The van der Waals surface area contributed by atoms with Crippen LogP contribution in [0.3, 0.4) is 0 Å². The SMILES string of the molecule is CCOC(=O)Cc1c(OC(F)F)ccc([N+](=O)[O-])c1CCl. The molecular formula is C12H12ClF2NO5. The van der Waals surface area contributed by atoms with Gasteiger partial charge in [0.25, 0.3) is 5.69 Å². The van der Waals surface area contributed by atoms with Crippen LogP contribution in [0.4, 0.5) is 14.5 Å². The van der Waals surface area contributed by atoms with Gasteiger partial charge in [-0.05, 0) is 13.0 Å². The van der Waals surface area contributed by atoms with Crippen molar-refractivity contribution in [3.63, 3.8) is 0 Å². The van der Waals surface area contributed by atoms with E-state index in [1.165, 1.54) is 0 Å². The molecule has 1 rings (SSSR count). The van der Waals surface area contributed by atoms with E-state index < -0.39 is 23.9 Å². The number of halogens is 3. The first-order valence-corrected chi connectivity index (χ1v) is 6.39. The molecule has 0 bridgehead atoms. The van der Waals surface area contributed by atoms with Crippen molar-refractivity contribution >= 4 is 23.3 Å². The average molecular weight is 324 g/mol. The summed E-state index contributed by atoms with van der Waals surface area (Å²) < 4.78 is 33.7. The molecule has 0 aliphatic carbocycles. The lowest BCUT2D eigenvalue weighted by Crippen LogP contribution is -2.13. The molecule has 6 nitrogen and oxygen atoms in total. The van der Waals surface area contributed by atoms with Gasteiger partial charge in [-0.25, -0.2) is 0 Å². The van der Waals surface area contributed by atoms with Crippen LogP contribution in [0.1, 0.15) is 18.1 Å². The number of esters is 1. The zero-order valence-corrected chi connectivity index (χ0v) is 11.7. The number of carbonyl (C=O) groups is 1. The smallest absolute Gasteiger partial charge is 0.387 e. The maximum Gasteiger partial charge on any atom is 0.387 e. The molecule has 0 aromatic heterocycles. The second kappa shape index (κ2) is 7.72. The average Bonchev–Trinajstić information content (AvgIpc) is 2.39. The molecule has 21 heavy (non-hydrogen) atoms. The lowest BCUT2D eigenvalue weighted by molar-refractivity contribution is -0.385. The first-order chi connectivity index (χ1) is 9.90. The van der Waals surface area contributed by atoms with E-state index in [-0.39, 0.29) is 35.1 Å². The lowest BCUT2D eigenvalue weighted by Gasteiger charge is -2.14. The molecule has 0 aliphatic rings. The van der Waals surface area contributed by atoms with Gasteiger partial charge in [-0.3, -0.25) is 14.9 Å². The number of hydrogen-bond acceptors (Lipinski definition) is 5. The van der Waals surface area contributed by atoms with Gasteiger partial charge in [0.2, 0.25) is 0 Å². The minimum atomic E-state index is -3.13. The van der Waals surface area contributed by atoms with Crippen LogP contribution in [-0.4, -0.2) is 24.1 Å². The third kappa shape index (κ3) is 4.52. The molecule has 0 spiro atoms. The van der Waals surface area contributed by atoms with Crippen molar-refractivity contribution in [3.8, 4) is 5.75 Å². The Labute approximate surface area is 123 Å². The number of nitrogens with zero attached hydrogens (tertiary/aromatic N) is 1. The maximum absolute atomic E-state index is 12.4. The summed E-state index contributed by atoms with van der Waals surface area (Å²) in [4.78, 5) is 21.7. The fourth-order valence-corrected chi connectivity index (χ4v) is 2.03. The number of alkyl halides is 3. The quantitative estimate of drug-likeness (QED) is 0.333. The molecule has 1 aromatic rings. The Bertz CT molecular complexity index is 539. The van der Waals surface area contributed by atoms with Crippen LogP contribution in [0.15, 0.2) is 12.1 Å². The van der Waals surface area contributed by atoms with Crippen LogP contribution in [0, 0.1) is 10.1 Å². The second-order valence-electron chi connectivity index (χ2n) is 3.79. The Morgan fingerprint density at radius 2 is 2.10 bits per heavy atom.